The average molecular weight is 378 g/mol. The highest BCUT2D eigenvalue weighted by atomic mass is 16.5. The van der Waals surface area contributed by atoms with Crippen LogP contribution in [-0.2, 0) is 16.1 Å². The van der Waals surface area contributed by atoms with Crippen LogP contribution in [0.3, 0.4) is 0 Å². The maximum absolute atomic E-state index is 12.1. The van der Waals surface area contributed by atoms with Crippen molar-refractivity contribution in [1.29, 1.82) is 0 Å². The molecule has 0 amide bonds. The summed E-state index contributed by atoms with van der Waals surface area (Å²) in [6, 6.07) is 12.0. The maximum atomic E-state index is 12.1. The minimum Gasteiger partial charge on any atom is -0.481 e. The molecule has 2 fully saturated rings. The van der Waals surface area contributed by atoms with Gasteiger partial charge in [-0.1, -0.05) is 30.3 Å². The number of benzene rings is 1. The molecule has 2 aliphatic rings. The van der Waals surface area contributed by atoms with E-state index < -0.39 is 11.4 Å². The first-order chi connectivity index (χ1) is 13.7. The molecule has 0 saturated carbocycles. The summed E-state index contributed by atoms with van der Waals surface area (Å²) in [5, 5.41) is 9.91. The Morgan fingerprint density at radius 3 is 2.93 bits per heavy atom. The summed E-state index contributed by atoms with van der Waals surface area (Å²) in [5.41, 5.74) is 2.17. The predicted molar refractivity (Wildman–Crippen MR) is 103 cm³/mol. The molecule has 2 aromatic heterocycles. The first kappa shape index (κ1) is 17.3. The number of hydrogen-bond acceptors (Lipinski definition) is 5. The number of nitrogens with zero attached hydrogens (tertiary/aromatic N) is 4. The molecule has 7 heteroatoms. The van der Waals surface area contributed by atoms with E-state index in [-0.39, 0.29) is 5.92 Å². The predicted octanol–water partition coefficient (Wildman–Crippen LogP) is 2.32. The normalized spacial score (nSPS) is 25.1. The molecule has 0 bridgehead atoms. The molecule has 0 aliphatic carbocycles. The van der Waals surface area contributed by atoms with Gasteiger partial charge in [-0.25, -0.2) is 9.97 Å². The number of carboxylic acid groups (broad SMARTS) is 1. The third kappa shape index (κ3) is 2.70. The Labute approximate surface area is 162 Å². The molecule has 0 spiro atoms. The van der Waals surface area contributed by atoms with E-state index in [0.717, 1.165) is 29.9 Å². The van der Waals surface area contributed by atoms with Crippen molar-refractivity contribution in [3.63, 3.8) is 0 Å². The number of likely N-dealkylation sites (tertiary alicyclic amines) is 1. The Balaban J connectivity index is 1.53. The summed E-state index contributed by atoms with van der Waals surface area (Å²) in [6.45, 7) is 2.82. The Morgan fingerprint density at radius 1 is 1.29 bits per heavy atom. The van der Waals surface area contributed by atoms with E-state index in [1.165, 1.54) is 0 Å². The van der Waals surface area contributed by atoms with Crippen molar-refractivity contribution in [2.24, 2.45) is 11.3 Å². The number of imidazole rings is 1. The molecule has 28 heavy (non-hydrogen) atoms. The van der Waals surface area contributed by atoms with Gasteiger partial charge in [0.25, 0.3) is 0 Å². The third-order valence-electron chi connectivity index (χ3n) is 6.09. The SMILES string of the molecule is O=C(O)[C@]12COCC[C@H]1CN(Cc1c(-c3ccccc3)nc3ncccn13)C2. The lowest BCUT2D eigenvalue weighted by molar-refractivity contribution is -0.159. The van der Waals surface area contributed by atoms with Gasteiger partial charge in [0.2, 0.25) is 5.78 Å². The van der Waals surface area contributed by atoms with Gasteiger partial charge in [-0.3, -0.25) is 14.1 Å². The zero-order chi connectivity index (χ0) is 19.1. The molecule has 144 valence electrons. The molecular weight excluding hydrogens is 356 g/mol. The largest absolute Gasteiger partial charge is 0.481 e. The fourth-order valence-corrected chi connectivity index (χ4v) is 4.64. The van der Waals surface area contributed by atoms with Crippen molar-refractivity contribution in [3.05, 3.63) is 54.5 Å². The number of aromatic nitrogens is 3. The van der Waals surface area contributed by atoms with E-state index in [4.69, 9.17) is 9.72 Å². The van der Waals surface area contributed by atoms with Gasteiger partial charge in [-0.05, 0) is 18.4 Å². The van der Waals surface area contributed by atoms with E-state index in [0.29, 0.717) is 32.1 Å². The monoisotopic (exact) mass is 378 g/mol. The molecule has 2 atom stereocenters. The van der Waals surface area contributed by atoms with Gasteiger partial charge in [-0.2, -0.15) is 0 Å². The van der Waals surface area contributed by atoms with Crippen LogP contribution in [0.4, 0.5) is 0 Å². The Hall–Kier alpha value is -2.77. The van der Waals surface area contributed by atoms with Gasteiger partial charge in [0.05, 0.1) is 18.0 Å². The van der Waals surface area contributed by atoms with Crippen LogP contribution in [0.2, 0.25) is 0 Å². The fourth-order valence-electron chi connectivity index (χ4n) is 4.64. The molecular formula is C21H22N4O3. The zero-order valence-electron chi connectivity index (χ0n) is 15.5. The van der Waals surface area contributed by atoms with Crippen LogP contribution in [0.25, 0.3) is 17.0 Å². The van der Waals surface area contributed by atoms with Gasteiger partial charge in [0, 0.05) is 44.2 Å². The third-order valence-corrected chi connectivity index (χ3v) is 6.09. The van der Waals surface area contributed by atoms with Crippen molar-refractivity contribution < 1.29 is 14.6 Å². The number of carbonyl (C=O) groups is 1. The standard InChI is InChI=1S/C21H22N4O3/c26-19(27)21-13-24(11-16(21)7-10-28-14-21)12-17-18(15-5-2-1-3-6-15)23-20-22-8-4-9-25(17)20/h1-6,8-9,16H,7,10-14H2,(H,26,27)/t16-,21+/m0/s1. The molecule has 2 aliphatic heterocycles. The Kier molecular flexibility index (Phi) is 4.14. The molecule has 1 aromatic carbocycles. The van der Waals surface area contributed by atoms with Crippen molar-refractivity contribution in [1.82, 2.24) is 19.3 Å². The number of rotatable bonds is 4. The Morgan fingerprint density at radius 2 is 2.14 bits per heavy atom. The van der Waals surface area contributed by atoms with E-state index in [9.17, 15) is 9.90 Å². The number of aliphatic carboxylic acids is 1. The first-order valence-corrected chi connectivity index (χ1v) is 9.58. The fraction of sp³-hybridized carbons (Fsp3) is 0.381. The lowest BCUT2D eigenvalue weighted by atomic mass is 9.76. The molecule has 0 radical (unpaired) electrons. The highest BCUT2D eigenvalue weighted by Crippen LogP contribution is 2.42. The van der Waals surface area contributed by atoms with Crippen LogP contribution in [0.5, 0.6) is 0 Å². The minimum absolute atomic E-state index is 0.122. The zero-order valence-corrected chi connectivity index (χ0v) is 15.5. The smallest absolute Gasteiger partial charge is 0.313 e. The van der Waals surface area contributed by atoms with Crippen molar-refractivity contribution in [2.75, 3.05) is 26.3 Å². The maximum Gasteiger partial charge on any atom is 0.313 e. The molecule has 1 N–H and O–H groups in total. The first-order valence-electron chi connectivity index (χ1n) is 9.58. The molecule has 2 saturated heterocycles. The summed E-state index contributed by atoms with van der Waals surface area (Å²) in [4.78, 5) is 23.5. The molecule has 5 rings (SSSR count). The second-order valence-electron chi connectivity index (χ2n) is 7.73. The van der Waals surface area contributed by atoms with E-state index in [1.807, 2.05) is 47.0 Å². The van der Waals surface area contributed by atoms with Gasteiger partial charge in [0.15, 0.2) is 0 Å². The van der Waals surface area contributed by atoms with Crippen molar-refractivity contribution in [2.45, 2.75) is 13.0 Å². The van der Waals surface area contributed by atoms with Crippen LogP contribution in [-0.4, -0.2) is 56.6 Å². The summed E-state index contributed by atoms with van der Waals surface area (Å²) in [5.74, 6) is 0.0308. The molecule has 3 aromatic rings. The molecule has 0 unspecified atom stereocenters. The summed E-state index contributed by atoms with van der Waals surface area (Å²) >= 11 is 0. The van der Waals surface area contributed by atoms with Crippen molar-refractivity contribution >= 4 is 11.7 Å². The van der Waals surface area contributed by atoms with Gasteiger partial charge >= 0.3 is 5.97 Å². The Bertz CT molecular complexity index is 1020. The molecule has 7 nitrogen and oxygen atoms in total. The molecule has 4 heterocycles. The van der Waals surface area contributed by atoms with Gasteiger partial charge in [0.1, 0.15) is 5.41 Å². The number of carboxylic acids is 1. The van der Waals surface area contributed by atoms with Crippen LogP contribution in [0.15, 0.2) is 48.8 Å². The lowest BCUT2D eigenvalue weighted by Gasteiger charge is -2.34. The summed E-state index contributed by atoms with van der Waals surface area (Å²) in [7, 11) is 0. The second-order valence-corrected chi connectivity index (χ2v) is 7.73. The van der Waals surface area contributed by atoms with Crippen LogP contribution in [0.1, 0.15) is 12.1 Å². The van der Waals surface area contributed by atoms with Gasteiger partial charge in [-0.15, -0.1) is 0 Å². The van der Waals surface area contributed by atoms with E-state index in [1.54, 1.807) is 6.20 Å². The quantitative estimate of drug-likeness (QED) is 0.751. The van der Waals surface area contributed by atoms with E-state index in [2.05, 4.69) is 9.88 Å². The average Bonchev–Trinajstić information content (AvgIpc) is 3.28. The highest BCUT2D eigenvalue weighted by molar-refractivity contribution is 5.76. The highest BCUT2D eigenvalue weighted by Gasteiger charge is 2.54. The number of ether oxygens (including phenoxy) is 1. The summed E-state index contributed by atoms with van der Waals surface area (Å²) < 4.78 is 7.57. The number of hydrogen-bond donors (Lipinski definition) is 1. The van der Waals surface area contributed by atoms with Crippen LogP contribution < -0.4 is 0 Å². The van der Waals surface area contributed by atoms with Crippen LogP contribution >= 0.6 is 0 Å². The van der Waals surface area contributed by atoms with Gasteiger partial charge < -0.3 is 9.84 Å². The number of fused-ring (bicyclic) bond motifs is 2. The topological polar surface area (TPSA) is 80.0 Å². The lowest BCUT2D eigenvalue weighted by Crippen LogP contribution is -2.46. The summed E-state index contributed by atoms with van der Waals surface area (Å²) in [6.07, 6.45) is 4.50. The van der Waals surface area contributed by atoms with Crippen LogP contribution in [0, 0.1) is 11.3 Å². The van der Waals surface area contributed by atoms with Crippen molar-refractivity contribution in [3.8, 4) is 11.3 Å². The minimum atomic E-state index is -0.802. The second kappa shape index (κ2) is 6.68. The van der Waals surface area contributed by atoms with E-state index >= 15 is 0 Å².